The molecule has 2 aromatic rings. The number of furan rings is 1. The molecule has 1 aliphatic heterocycles. The van der Waals surface area contributed by atoms with Crippen LogP contribution in [0, 0.1) is 0 Å². The number of rotatable bonds is 2. The number of nitrogens with two attached hydrogens (primary N) is 1. The lowest BCUT2D eigenvalue weighted by atomic mass is 10.2. The first-order valence-electron chi connectivity index (χ1n) is 5.37. The normalized spacial score (nSPS) is 18.2. The summed E-state index contributed by atoms with van der Waals surface area (Å²) in [5, 5.41) is 6.76. The van der Waals surface area contributed by atoms with Crippen LogP contribution in [0.4, 0.5) is 0 Å². The predicted octanol–water partition coefficient (Wildman–Crippen LogP) is -0.260. The molecule has 0 fully saturated rings. The summed E-state index contributed by atoms with van der Waals surface area (Å²) in [4.78, 5) is 22.9. The maximum Gasteiger partial charge on any atom is 0.270 e. The Hall–Kier alpha value is -2.57. The van der Waals surface area contributed by atoms with Gasteiger partial charge in [-0.2, -0.15) is 5.10 Å². The SMILES string of the molecule is NC(=O)C1Cn2nc(-c3ccco3)cc2C(=O)N1. The number of primary amides is 1. The Morgan fingerprint density at radius 2 is 2.44 bits per heavy atom. The third-order valence-corrected chi connectivity index (χ3v) is 2.79. The zero-order chi connectivity index (χ0) is 12.7. The fraction of sp³-hybridized carbons (Fsp3) is 0.182. The van der Waals surface area contributed by atoms with Crippen molar-refractivity contribution in [1.29, 1.82) is 0 Å². The Labute approximate surface area is 102 Å². The molecule has 0 radical (unpaired) electrons. The second kappa shape index (κ2) is 3.73. The lowest BCUT2D eigenvalue weighted by Gasteiger charge is -2.21. The Bertz CT molecular complexity index is 614. The molecular weight excluding hydrogens is 236 g/mol. The van der Waals surface area contributed by atoms with Crippen LogP contribution in [0.2, 0.25) is 0 Å². The maximum absolute atomic E-state index is 11.8. The van der Waals surface area contributed by atoms with Crippen LogP contribution in [0.5, 0.6) is 0 Å². The minimum absolute atomic E-state index is 0.233. The number of nitrogens with zero attached hydrogens (tertiary/aromatic N) is 2. The molecule has 3 heterocycles. The van der Waals surface area contributed by atoms with Crippen molar-refractivity contribution in [2.45, 2.75) is 12.6 Å². The molecule has 18 heavy (non-hydrogen) atoms. The first-order valence-corrected chi connectivity index (χ1v) is 5.37. The molecule has 2 aromatic heterocycles. The van der Waals surface area contributed by atoms with E-state index < -0.39 is 11.9 Å². The molecule has 3 N–H and O–H groups in total. The van der Waals surface area contributed by atoms with E-state index in [9.17, 15) is 9.59 Å². The van der Waals surface area contributed by atoms with Gasteiger partial charge in [-0.3, -0.25) is 14.3 Å². The third kappa shape index (κ3) is 1.56. The highest BCUT2D eigenvalue weighted by Gasteiger charge is 2.29. The monoisotopic (exact) mass is 246 g/mol. The number of aromatic nitrogens is 2. The molecule has 1 unspecified atom stereocenters. The number of hydrogen-bond acceptors (Lipinski definition) is 4. The first-order chi connectivity index (χ1) is 8.65. The Balaban J connectivity index is 2.00. The molecule has 0 aromatic carbocycles. The van der Waals surface area contributed by atoms with Gasteiger partial charge in [0.1, 0.15) is 17.4 Å². The summed E-state index contributed by atoms with van der Waals surface area (Å²) in [6, 6.07) is 4.37. The molecule has 1 atom stereocenters. The molecule has 0 bridgehead atoms. The molecule has 2 amide bonds. The highest BCUT2D eigenvalue weighted by atomic mass is 16.3. The van der Waals surface area contributed by atoms with E-state index in [0.29, 0.717) is 17.1 Å². The van der Waals surface area contributed by atoms with Gasteiger partial charge in [-0.25, -0.2) is 0 Å². The summed E-state index contributed by atoms with van der Waals surface area (Å²) in [6.07, 6.45) is 1.53. The average Bonchev–Trinajstić information content (AvgIpc) is 2.96. The molecule has 0 spiro atoms. The van der Waals surface area contributed by atoms with Gasteiger partial charge in [-0.15, -0.1) is 0 Å². The molecule has 7 heteroatoms. The fourth-order valence-corrected chi connectivity index (χ4v) is 1.90. The molecule has 0 saturated heterocycles. The molecular formula is C11H10N4O3. The van der Waals surface area contributed by atoms with Crippen LogP contribution in [0.1, 0.15) is 10.5 Å². The van der Waals surface area contributed by atoms with Gasteiger partial charge in [0.25, 0.3) is 5.91 Å². The third-order valence-electron chi connectivity index (χ3n) is 2.79. The number of carbonyl (C=O) groups excluding carboxylic acids is 2. The Morgan fingerprint density at radius 3 is 3.11 bits per heavy atom. The molecule has 3 rings (SSSR count). The van der Waals surface area contributed by atoms with Crippen molar-refractivity contribution >= 4 is 11.8 Å². The maximum atomic E-state index is 11.8. The minimum atomic E-state index is -0.727. The topological polar surface area (TPSA) is 103 Å². The minimum Gasteiger partial charge on any atom is -0.463 e. The van der Waals surface area contributed by atoms with E-state index in [4.69, 9.17) is 10.2 Å². The second-order valence-electron chi connectivity index (χ2n) is 4.00. The number of hydrogen-bond donors (Lipinski definition) is 2. The van der Waals surface area contributed by atoms with Crippen LogP contribution in [0.3, 0.4) is 0 Å². The highest BCUT2D eigenvalue weighted by Crippen LogP contribution is 2.21. The van der Waals surface area contributed by atoms with Crippen molar-refractivity contribution in [1.82, 2.24) is 15.1 Å². The van der Waals surface area contributed by atoms with E-state index in [2.05, 4.69) is 10.4 Å². The summed E-state index contributed by atoms with van der Waals surface area (Å²) in [7, 11) is 0. The summed E-state index contributed by atoms with van der Waals surface area (Å²) >= 11 is 0. The van der Waals surface area contributed by atoms with E-state index in [0.717, 1.165) is 0 Å². The van der Waals surface area contributed by atoms with Crippen LogP contribution < -0.4 is 11.1 Å². The molecule has 0 saturated carbocycles. The largest absolute Gasteiger partial charge is 0.463 e. The lowest BCUT2D eigenvalue weighted by molar-refractivity contribution is -0.120. The van der Waals surface area contributed by atoms with Gasteiger partial charge >= 0.3 is 0 Å². The summed E-state index contributed by atoms with van der Waals surface area (Å²) in [5.41, 5.74) is 6.11. The lowest BCUT2D eigenvalue weighted by Crippen LogP contribution is -2.51. The smallest absolute Gasteiger partial charge is 0.270 e. The van der Waals surface area contributed by atoms with Gasteiger partial charge in [-0.1, -0.05) is 0 Å². The van der Waals surface area contributed by atoms with Gasteiger partial charge in [0.05, 0.1) is 12.8 Å². The van der Waals surface area contributed by atoms with Crippen LogP contribution in [-0.2, 0) is 11.3 Å². The molecule has 92 valence electrons. The van der Waals surface area contributed by atoms with E-state index in [1.54, 1.807) is 18.2 Å². The Kier molecular flexibility index (Phi) is 2.19. The molecule has 1 aliphatic rings. The van der Waals surface area contributed by atoms with Crippen molar-refractivity contribution in [3.63, 3.8) is 0 Å². The van der Waals surface area contributed by atoms with Gasteiger partial charge in [-0.05, 0) is 12.1 Å². The highest BCUT2D eigenvalue weighted by molar-refractivity contribution is 5.97. The van der Waals surface area contributed by atoms with E-state index in [1.165, 1.54) is 10.9 Å². The average molecular weight is 246 g/mol. The van der Waals surface area contributed by atoms with Crippen molar-refractivity contribution in [3.05, 3.63) is 30.2 Å². The fourth-order valence-electron chi connectivity index (χ4n) is 1.90. The van der Waals surface area contributed by atoms with Crippen LogP contribution in [-0.4, -0.2) is 27.6 Å². The standard InChI is InChI=1S/C11H10N4O3/c12-10(16)7-5-15-8(11(17)13-7)4-6(14-15)9-2-1-3-18-9/h1-4,7H,5H2,(H2,12,16)(H,13,17). The van der Waals surface area contributed by atoms with Crippen molar-refractivity contribution in [3.8, 4) is 11.5 Å². The van der Waals surface area contributed by atoms with E-state index in [-0.39, 0.29) is 12.5 Å². The van der Waals surface area contributed by atoms with Gasteiger partial charge in [0.15, 0.2) is 5.76 Å². The number of nitrogens with one attached hydrogen (secondary N) is 1. The second-order valence-corrected chi connectivity index (χ2v) is 4.00. The predicted molar refractivity (Wildman–Crippen MR) is 60.4 cm³/mol. The van der Waals surface area contributed by atoms with Gasteiger partial charge in [0.2, 0.25) is 5.91 Å². The van der Waals surface area contributed by atoms with Gasteiger partial charge in [0, 0.05) is 6.07 Å². The summed E-state index contributed by atoms with van der Waals surface area (Å²) < 4.78 is 6.67. The quantitative estimate of drug-likeness (QED) is 0.761. The zero-order valence-corrected chi connectivity index (χ0v) is 9.29. The molecule has 0 aliphatic carbocycles. The number of carbonyl (C=O) groups is 2. The number of fused-ring (bicyclic) bond motifs is 1. The van der Waals surface area contributed by atoms with Crippen LogP contribution in [0.25, 0.3) is 11.5 Å². The van der Waals surface area contributed by atoms with E-state index in [1.807, 2.05) is 0 Å². The van der Waals surface area contributed by atoms with Crippen molar-refractivity contribution in [2.24, 2.45) is 5.73 Å². The van der Waals surface area contributed by atoms with Crippen molar-refractivity contribution in [2.75, 3.05) is 0 Å². The van der Waals surface area contributed by atoms with Crippen LogP contribution in [0.15, 0.2) is 28.9 Å². The summed E-state index contributed by atoms with van der Waals surface area (Å²) in [5.74, 6) is -0.375. The molecule has 7 nitrogen and oxygen atoms in total. The summed E-state index contributed by atoms with van der Waals surface area (Å²) in [6.45, 7) is 0.233. The van der Waals surface area contributed by atoms with E-state index >= 15 is 0 Å². The van der Waals surface area contributed by atoms with Crippen LogP contribution >= 0.6 is 0 Å². The van der Waals surface area contributed by atoms with Gasteiger partial charge < -0.3 is 15.5 Å². The van der Waals surface area contributed by atoms with Crippen molar-refractivity contribution < 1.29 is 14.0 Å². The Morgan fingerprint density at radius 1 is 1.61 bits per heavy atom. The first kappa shape index (κ1) is 10.6. The number of amides is 2. The zero-order valence-electron chi connectivity index (χ0n) is 9.29.